The topological polar surface area (TPSA) is 120 Å². The van der Waals surface area contributed by atoms with E-state index in [2.05, 4.69) is 31.5 Å². The number of benzene rings is 1. The number of halogens is 3. The highest BCUT2D eigenvalue weighted by molar-refractivity contribution is 9.10. The summed E-state index contributed by atoms with van der Waals surface area (Å²) in [5.41, 5.74) is 8.11. The van der Waals surface area contributed by atoms with Crippen molar-refractivity contribution in [2.75, 3.05) is 19.3 Å². The van der Waals surface area contributed by atoms with E-state index in [1.54, 1.807) is 44.7 Å². The average Bonchev–Trinajstić information content (AvgIpc) is 2.77. The van der Waals surface area contributed by atoms with Gasteiger partial charge in [0.1, 0.15) is 17.1 Å². The second-order valence-corrected chi connectivity index (χ2v) is 8.37. The number of pyridine rings is 1. The minimum Gasteiger partial charge on any atom is -0.482 e. The van der Waals surface area contributed by atoms with Crippen LogP contribution in [0.2, 0.25) is 0 Å². The van der Waals surface area contributed by atoms with Gasteiger partial charge < -0.3 is 21.1 Å². The number of nitrogens with two attached hydrogens (primary N) is 1. The highest BCUT2D eigenvalue weighted by Crippen LogP contribution is 2.31. The summed E-state index contributed by atoms with van der Waals surface area (Å²) in [4.78, 5) is 4.05. The largest absolute Gasteiger partial charge is 0.482 e. The van der Waals surface area contributed by atoms with Crippen molar-refractivity contribution in [1.82, 2.24) is 15.6 Å². The summed E-state index contributed by atoms with van der Waals surface area (Å²) in [6, 6.07) is 5.86. The van der Waals surface area contributed by atoms with Gasteiger partial charge in [-0.25, -0.2) is 9.37 Å². The van der Waals surface area contributed by atoms with Gasteiger partial charge in [0.15, 0.2) is 11.6 Å². The van der Waals surface area contributed by atoms with Gasteiger partial charge in [-0.3, -0.25) is 10.8 Å². The van der Waals surface area contributed by atoms with E-state index in [1.807, 2.05) is 6.92 Å². The summed E-state index contributed by atoms with van der Waals surface area (Å²) in [6.07, 6.45) is 4.47. The van der Waals surface area contributed by atoms with Crippen LogP contribution in [0.3, 0.4) is 0 Å². The van der Waals surface area contributed by atoms with Crippen molar-refractivity contribution in [2.45, 2.75) is 26.4 Å². The first-order chi connectivity index (χ1) is 15.7. The van der Waals surface area contributed by atoms with Crippen LogP contribution in [0.1, 0.15) is 37.5 Å². The van der Waals surface area contributed by atoms with Crippen molar-refractivity contribution in [1.29, 1.82) is 10.8 Å². The van der Waals surface area contributed by atoms with E-state index in [1.165, 1.54) is 12.1 Å². The van der Waals surface area contributed by atoms with Crippen LogP contribution < -0.4 is 21.1 Å². The van der Waals surface area contributed by atoms with E-state index >= 15 is 0 Å². The first kappa shape index (κ1) is 26.3. The van der Waals surface area contributed by atoms with Crippen molar-refractivity contribution in [3.8, 4) is 5.75 Å². The Morgan fingerprint density at radius 2 is 2.03 bits per heavy atom. The molecule has 176 valence electrons. The van der Waals surface area contributed by atoms with E-state index in [-0.39, 0.29) is 23.1 Å². The summed E-state index contributed by atoms with van der Waals surface area (Å²) in [6.45, 7) is 4.34. The van der Waals surface area contributed by atoms with Gasteiger partial charge in [-0.05, 0) is 59.6 Å². The zero-order chi connectivity index (χ0) is 24.5. The van der Waals surface area contributed by atoms with Crippen LogP contribution in [0.15, 0.2) is 58.5 Å². The molecule has 0 aliphatic heterocycles. The highest BCUT2D eigenvalue weighted by Gasteiger charge is 2.21. The molecular weight excluding hydrogens is 511 g/mol. The molecule has 33 heavy (non-hydrogen) atoms. The zero-order valence-electron chi connectivity index (χ0n) is 18.6. The van der Waals surface area contributed by atoms with Crippen molar-refractivity contribution in [2.24, 2.45) is 0 Å². The van der Waals surface area contributed by atoms with E-state index in [0.29, 0.717) is 39.0 Å². The molecule has 1 heterocycles. The summed E-state index contributed by atoms with van der Waals surface area (Å²) in [5.74, 6) is 0.0930. The Labute approximate surface area is 206 Å². The predicted molar refractivity (Wildman–Crippen MR) is 136 cm³/mol. The molecule has 1 aromatic carbocycles. The maximum atomic E-state index is 14.2. The number of hydrogen-bond donors (Lipinski definition) is 5. The molecule has 1 atom stereocenters. The fourth-order valence-electron chi connectivity index (χ4n) is 3.06. The van der Waals surface area contributed by atoms with Crippen LogP contribution in [0, 0.1) is 16.6 Å². The zero-order valence-corrected chi connectivity index (χ0v) is 20.9. The number of hydrogen-bond acceptors (Lipinski definition) is 7. The molecule has 10 heteroatoms. The van der Waals surface area contributed by atoms with Gasteiger partial charge in [0, 0.05) is 59.8 Å². The molecule has 0 fully saturated rings. The molecule has 0 bridgehead atoms. The van der Waals surface area contributed by atoms with Crippen LogP contribution in [0.25, 0.3) is 0 Å². The normalized spacial score (nSPS) is 12.8. The standard InChI is InChI=1S/C23H27BrClFN6O/c1-4-31-11-15(22(25)28)7-14(10-30-3)21(27)18-6-5-17(26)9-19(18)13(2)33-20-8-16(24)12-32-23(20)29/h5-6,8-13,27-28,30-31H,4,7H2,1-3H3,(H2,29,32)/b14-10-,15-11-,27-21?,28-22?/t13-/m1/s1. The van der Waals surface area contributed by atoms with Gasteiger partial charge >= 0.3 is 0 Å². The second-order valence-electron chi connectivity index (χ2n) is 7.08. The summed E-state index contributed by atoms with van der Waals surface area (Å²) in [7, 11) is 1.72. The summed E-state index contributed by atoms with van der Waals surface area (Å²) < 4.78 is 20.9. The minimum atomic E-state index is -0.631. The molecule has 0 spiro atoms. The lowest BCUT2D eigenvalue weighted by molar-refractivity contribution is 0.226. The Kier molecular flexibility index (Phi) is 9.87. The maximum absolute atomic E-state index is 14.2. The number of allylic oxidation sites excluding steroid dienone is 2. The Hall–Kier alpha value is -2.91. The Morgan fingerprint density at radius 3 is 2.67 bits per heavy atom. The Balaban J connectivity index is 2.44. The van der Waals surface area contributed by atoms with Gasteiger partial charge in [-0.15, -0.1) is 0 Å². The molecule has 0 aliphatic carbocycles. The number of ether oxygens (including phenoxy) is 1. The fraction of sp³-hybridized carbons (Fsp3) is 0.261. The number of nitrogen functional groups attached to an aromatic ring is 1. The highest BCUT2D eigenvalue weighted by atomic mass is 79.9. The van der Waals surface area contributed by atoms with E-state index in [9.17, 15) is 4.39 Å². The molecule has 2 rings (SSSR count). The predicted octanol–water partition coefficient (Wildman–Crippen LogP) is 5.28. The molecular formula is C23H27BrClFN6O. The van der Waals surface area contributed by atoms with Gasteiger partial charge in [-0.2, -0.15) is 0 Å². The van der Waals surface area contributed by atoms with Crippen molar-refractivity contribution in [3.63, 3.8) is 0 Å². The molecule has 0 unspecified atom stereocenters. The molecule has 0 radical (unpaired) electrons. The molecule has 6 N–H and O–H groups in total. The van der Waals surface area contributed by atoms with Gasteiger partial charge in [0.05, 0.1) is 5.71 Å². The number of rotatable bonds is 11. The molecule has 1 aromatic heterocycles. The van der Waals surface area contributed by atoms with Crippen molar-refractivity contribution < 1.29 is 9.13 Å². The molecule has 7 nitrogen and oxygen atoms in total. The van der Waals surface area contributed by atoms with Gasteiger partial charge in [0.25, 0.3) is 0 Å². The van der Waals surface area contributed by atoms with Crippen LogP contribution in [-0.4, -0.2) is 29.5 Å². The number of nitrogens with one attached hydrogen (secondary N) is 4. The monoisotopic (exact) mass is 536 g/mol. The third-order valence-corrected chi connectivity index (χ3v) is 5.33. The van der Waals surface area contributed by atoms with Gasteiger partial charge in [0.2, 0.25) is 0 Å². The number of aromatic nitrogens is 1. The molecule has 2 aromatic rings. The van der Waals surface area contributed by atoms with E-state index < -0.39 is 11.9 Å². The molecule has 0 aliphatic rings. The Morgan fingerprint density at radius 1 is 1.30 bits per heavy atom. The summed E-state index contributed by atoms with van der Waals surface area (Å²) >= 11 is 9.30. The first-order valence-corrected chi connectivity index (χ1v) is 11.3. The third-order valence-electron chi connectivity index (χ3n) is 4.66. The lowest BCUT2D eigenvalue weighted by atomic mass is 9.92. The maximum Gasteiger partial charge on any atom is 0.166 e. The van der Waals surface area contributed by atoms with Gasteiger partial charge in [-0.1, -0.05) is 11.6 Å². The summed E-state index contributed by atoms with van der Waals surface area (Å²) in [5, 5.41) is 22.6. The minimum absolute atomic E-state index is 0.126. The SMILES string of the molecule is CCN/C=C(/C/C(=C/NC)C(=N)c1ccc(F)cc1[C@@H](C)Oc1cc(Br)cnc1N)C(=N)Cl. The van der Waals surface area contributed by atoms with E-state index in [0.717, 1.165) is 0 Å². The molecule has 0 amide bonds. The van der Waals surface area contributed by atoms with Crippen LogP contribution in [0.5, 0.6) is 5.75 Å². The Bertz CT molecular complexity index is 1090. The van der Waals surface area contributed by atoms with Crippen molar-refractivity contribution in [3.05, 3.63) is 75.4 Å². The number of nitrogens with zero attached hydrogens (tertiary/aromatic N) is 1. The number of anilines is 1. The second kappa shape index (κ2) is 12.4. The van der Waals surface area contributed by atoms with Crippen LogP contribution in [-0.2, 0) is 0 Å². The third kappa shape index (κ3) is 7.30. The van der Waals surface area contributed by atoms with Crippen LogP contribution in [0.4, 0.5) is 10.2 Å². The van der Waals surface area contributed by atoms with Crippen LogP contribution >= 0.6 is 27.5 Å². The average molecular weight is 538 g/mol. The van der Waals surface area contributed by atoms with Crippen molar-refractivity contribution >= 4 is 44.2 Å². The molecule has 0 saturated carbocycles. The quantitative estimate of drug-likeness (QED) is 0.250. The first-order valence-electron chi connectivity index (χ1n) is 10.2. The fourth-order valence-corrected chi connectivity index (χ4v) is 3.49. The van der Waals surface area contributed by atoms with E-state index in [4.69, 9.17) is 32.9 Å². The lowest BCUT2D eigenvalue weighted by Gasteiger charge is -2.21. The smallest absolute Gasteiger partial charge is 0.166 e. The lowest BCUT2D eigenvalue weighted by Crippen LogP contribution is -2.16. The molecule has 0 saturated heterocycles.